The van der Waals surface area contributed by atoms with Crippen LogP contribution in [0.15, 0.2) is 17.3 Å². The van der Waals surface area contributed by atoms with E-state index in [1.54, 1.807) is 0 Å². The minimum Gasteiger partial charge on any atom is -0.382 e. The van der Waals surface area contributed by atoms with Gasteiger partial charge in [0.05, 0.1) is 5.70 Å². The van der Waals surface area contributed by atoms with Crippen LogP contribution >= 0.6 is 12.2 Å². The van der Waals surface area contributed by atoms with Gasteiger partial charge in [-0.2, -0.15) is 0 Å². The maximum atomic E-state index is 5.27. The highest BCUT2D eigenvalue weighted by Crippen LogP contribution is 1.95. The molecule has 0 aromatic carbocycles. The summed E-state index contributed by atoms with van der Waals surface area (Å²) in [5.41, 5.74) is 5.86. The summed E-state index contributed by atoms with van der Waals surface area (Å²) in [6.45, 7) is 3.53. The Labute approximate surface area is 52.3 Å². The van der Waals surface area contributed by atoms with E-state index in [-0.39, 0.29) is 0 Å². The molecule has 0 atom stereocenters. The SMILES string of the molecule is C=C1NC(=S)N=C1N. The number of hydrogen-bond donors (Lipinski definition) is 2. The van der Waals surface area contributed by atoms with Gasteiger partial charge in [0, 0.05) is 0 Å². The lowest BCUT2D eigenvalue weighted by atomic mass is 10.5. The molecule has 1 aliphatic rings. The summed E-state index contributed by atoms with van der Waals surface area (Å²) in [7, 11) is 0. The van der Waals surface area contributed by atoms with Crippen LogP contribution in [0.2, 0.25) is 0 Å². The number of aliphatic imine (C=N–C) groups is 1. The molecule has 0 saturated heterocycles. The predicted octanol–water partition coefficient (Wildman–Crippen LogP) is -0.255. The van der Waals surface area contributed by atoms with E-state index in [0.29, 0.717) is 16.6 Å². The van der Waals surface area contributed by atoms with Gasteiger partial charge in [-0.05, 0) is 12.2 Å². The Hall–Kier alpha value is -0.900. The zero-order valence-electron chi connectivity index (χ0n) is 4.14. The van der Waals surface area contributed by atoms with E-state index in [1.165, 1.54) is 0 Å². The molecule has 0 spiro atoms. The quantitative estimate of drug-likeness (QED) is 0.441. The number of amidine groups is 1. The van der Waals surface area contributed by atoms with Gasteiger partial charge in [-0.3, -0.25) is 0 Å². The molecule has 0 bridgehead atoms. The molecular formula is C4H5N3S. The molecule has 4 heteroatoms. The van der Waals surface area contributed by atoms with Gasteiger partial charge in [0.25, 0.3) is 0 Å². The van der Waals surface area contributed by atoms with Crippen molar-refractivity contribution in [3.05, 3.63) is 12.3 Å². The molecule has 0 radical (unpaired) electrons. The third-order valence-corrected chi connectivity index (χ3v) is 0.982. The Morgan fingerprint density at radius 2 is 2.38 bits per heavy atom. The number of nitrogens with one attached hydrogen (secondary N) is 1. The molecule has 1 heterocycles. The van der Waals surface area contributed by atoms with Crippen LogP contribution in [0.4, 0.5) is 0 Å². The highest BCUT2D eigenvalue weighted by Gasteiger charge is 2.08. The summed E-state index contributed by atoms with van der Waals surface area (Å²) in [5, 5.41) is 3.07. The largest absolute Gasteiger partial charge is 0.382 e. The minimum atomic E-state index is 0.384. The summed E-state index contributed by atoms with van der Waals surface area (Å²) < 4.78 is 0. The van der Waals surface area contributed by atoms with E-state index < -0.39 is 0 Å². The zero-order valence-corrected chi connectivity index (χ0v) is 4.96. The van der Waals surface area contributed by atoms with Crippen molar-refractivity contribution < 1.29 is 0 Å². The maximum Gasteiger partial charge on any atom is 0.199 e. The van der Waals surface area contributed by atoms with Crippen LogP contribution in [-0.2, 0) is 0 Å². The fourth-order valence-electron chi connectivity index (χ4n) is 0.398. The van der Waals surface area contributed by atoms with Crippen LogP contribution in [0.25, 0.3) is 0 Å². The first kappa shape index (κ1) is 5.24. The van der Waals surface area contributed by atoms with E-state index in [2.05, 4.69) is 29.1 Å². The standard InChI is InChI=1S/C4H5N3S/c1-2-3(5)7-4(8)6-2/h1H2,(H3,5,6,7,8). The Balaban J connectivity index is 2.88. The molecule has 0 amide bonds. The lowest BCUT2D eigenvalue weighted by Gasteiger charge is -1.90. The first-order chi connectivity index (χ1) is 3.70. The number of thiocarbonyl (C=S) groups is 1. The lowest BCUT2D eigenvalue weighted by molar-refractivity contribution is 1.27. The highest BCUT2D eigenvalue weighted by molar-refractivity contribution is 7.80. The van der Waals surface area contributed by atoms with Crippen LogP contribution in [0.5, 0.6) is 0 Å². The second kappa shape index (κ2) is 1.56. The second-order valence-corrected chi connectivity index (χ2v) is 1.79. The van der Waals surface area contributed by atoms with E-state index in [9.17, 15) is 0 Å². The predicted molar refractivity (Wildman–Crippen MR) is 36.5 cm³/mol. The third kappa shape index (κ3) is 0.696. The van der Waals surface area contributed by atoms with Gasteiger partial charge in [0.2, 0.25) is 0 Å². The monoisotopic (exact) mass is 127 g/mol. The first-order valence-electron chi connectivity index (χ1n) is 2.04. The Morgan fingerprint density at radius 3 is 2.50 bits per heavy atom. The molecule has 0 saturated carbocycles. The summed E-state index contributed by atoms with van der Waals surface area (Å²) in [4.78, 5) is 3.69. The van der Waals surface area contributed by atoms with Crippen molar-refractivity contribution in [1.29, 1.82) is 0 Å². The Morgan fingerprint density at radius 1 is 1.75 bits per heavy atom. The zero-order chi connectivity index (χ0) is 6.15. The van der Waals surface area contributed by atoms with Crippen molar-refractivity contribution in [3.8, 4) is 0 Å². The Bertz CT molecular complexity index is 182. The molecule has 0 aromatic heterocycles. The normalized spacial score (nSPS) is 18.2. The van der Waals surface area contributed by atoms with Crippen LogP contribution in [0, 0.1) is 0 Å². The van der Waals surface area contributed by atoms with Gasteiger partial charge >= 0.3 is 0 Å². The third-order valence-electron chi connectivity index (χ3n) is 0.789. The molecule has 0 unspecified atom stereocenters. The molecule has 8 heavy (non-hydrogen) atoms. The molecule has 1 rings (SSSR count). The van der Waals surface area contributed by atoms with Crippen LogP contribution in [-0.4, -0.2) is 10.9 Å². The molecule has 3 N–H and O–H groups in total. The van der Waals surface area contributed by atoms with E-state index in [1.807, 2.05) is 0 Å². The molecule has 42 valence electrons. The first-order valence-corrected chi connectivity index (χ1v) is 2.45. The van der Waals surface area contributed by atoms with Gasteiger partial charge in [-0.15, -0.1) is 0 Å². The summed E-state index contributed by atoms with van der Waals surface area (Å²) >= 11 is 4.63. The summed E-state index contributed by atoms with van der Waals surface area (Å²) in [5.74, 6) is 0.384. The molecule has 1 aliphatic heterocycles. The van der Waals surface area contributed by atoms with Gasteiger partial charge in [-0.1, -0.05) is 6.58 Å². The van der Waals surface area contributed by atoms with Crippen LogP contribution < -0.4 is 11.1 Å². The average molecular weight is 127 g/mol. The molecule has 0 fully saturated rings. The van der Waals surface area contributed by atoms with E-state index in [4.69, 9.17) is 5.73 Å². The number of hydrogen-bond acceptors (Lipinski definition) is 2. The van der Waals surface area contributed by atoms with Gasteiger partial charge in [0.15, 0.2) is 5.11 Å². The van der Waals surface area contributed by atoms with Gasteiger partial charge in [-0.25, -0.2) is 4.99 Å². The van der Waals surface area contributed by atoms with E-state index in [0.717, 1.165) is 0 Å². The van der Waals surface area contributed by atoms with Crippen molar-refractivity contribution in [2.24, 2.45) is 10.7 Å². The van der Waals surface area contributed by atoms with Gasteiger partial charge in [0.1, 0.15) is 5.84 Å². The van der Waals surface area contributed by atoms with Crippen molar-refractivity contribution in [3.63, 3.8) is 0 Å². The smallest absolute Gasteiger partial charge is 0.199 e. The summed E-state index contributed by atoms with van der Waals surface area (Å²) in [6, 6.07) is 0. The summed E-state index contributed by atoms with van der Waals surface area (Å²) in [6.07, 6.45) is 0. The average Bonchev–Trinajstić information content (AvgIpc) is 1.85. The van der Waals surface area contributed by atoms with Crippen molar-refractivity contribution in [2.45, 2.75) is 0 Å². The van der Waals surface area contributed by atoms with Crippen molar-refractivity contribution >= 4 is 23.2 Å². The highest BCUT2D eigenvalue weighted by atomic mass is 32.1. The molecule has 3 nitrogen and oxygen atoms in total. The maximum absolute atomic E-state index is 5.27. The molecular weight excluding hydrogens is 122 g/mol. The van der Waals surface area contributed by atoms with Crippen molar-refractivity contribution in [2.75, 3.05) is 0 Å². The van der Waals surface area contributed by atoms with Crippen LogP contribution in [0.1, 0.15) is 0 Å². The second-order valence-electron chi connectivity index (χ2n) is 1.41. The fraction of sp³-hybridized carbons (Fsp3) is 0. The molecule has 0 aliphatic carbocycles. The van der Waals surface area contributed by atoms with Gasteiger partial charge < -0.3 is 11.1 Å². The van der Waals surface area contributed by atoms with Crippen LogP contribution in [0.3, 0.4) is 0 Å². The number of nitrogens with two attached hydrogens (primary N) is 1. The van der Waals surface area contributed by atoms with Crippen molar-refractivity contribution in [1.82, 2.24) is 5.32 Å². The number of nitrogens with zero attached hydrogens (tertiary/aromatic N) is 1. The van der Waals surface area contributed by atoms with E-state index >= 15 is 0 Å². The fourth-order valence-corrected chi connectivity index (χ4v) is 0.619. The number of rotatable bonds is 0. The molecule has 0 aromatic rings. The Kier molecular flexibility index (Phi) is 1.02. The lowest BCUT2D eigenvalue weighted by Crippen LogP contribution is -2.17. The minimum absolute atomic E-state index is 0.384. The topological polar surface area (TPSA) is 50.4 Å².